The number of carbonyl (C=O) groups is 1. The van der Waals surface area contributed by atoms with Gasteiger partial charge < -0.3 is 10.1 Å². The van der Waals surface area contributed by atoms with E-state index in [1.165, 1.54) is 6.20 Å². The van der Waals surface area contributed by atoms with Crippen molar-refractivity contribution >= 4 is 34.3 Å². The zero-order chi connectivity index (χ0) is 18.0. The van der Waals surface area contributed by atoms with Crippen molar-refractivity contribution in [1.82, 2.24) is 19.7 Å². The van der Waals surface area contributed by atoms with Gasteiger partial charge in [-0.2, -0.15) is 5.10 Å². The molecule has 0 aliphatic carbocycles. The van der Waals surface area contributed by atoms with Crippen LogP contribution in [0.2, 0.25) is 5.15 Å². The molecule has 0 aliphatic rings. The predicted octanol–water partition coefficient (Wildman–Crippen LogP) is 3.11. The molecule has 0 bridgehead atoms. The van der Waals surface area contributed by atoms with Gasteiger partial charge in [-0.15, -0.1) is 0 Å². The number of anilines is 1. The van der Waals surface area contributed by atoms with Crippen molar-refractivity contribution in [1.29, 1.82) is 0 Å². The molecule has 0 saturated carbocycles. The highest BCUT2D eigenvalue weighted by Gasteiger charge is 2.20. The molecule has 7 nitrogen and oxygen atoms in total. The summed E-state index contributed by atoms with van der Waals surface area (Å²) < 4.78 is 6.85. The first-order valence-corrected chi connectivity index (χ1v) is 8.22. The Hall–Kier alpha value is -2.67. The maximum atomic E-state index is 12.3. The van der Waals surface area contributed by atoms with Crippen molar-refractivity contribution in [2.45, 2.75) is 20.4 Å². The largest absolute Gasteiger partial charge is 0.462 e. The summed E-state index contributed by atoms with van der Waals surface area (Å²) in [5, 5.41) is 8.94. The van der Waals surface area contributed by atoms with Crippen LogP contribution in [0.3, 0.4) is 0 Å². The van der Waals surface area contributed by atoms with E-state index in [1.807, 2.05) is 20.0 Å². The first-order chi connectivity index (χ1) is 12.0. The van der Waals surface area contributed by atoms with E-state index in [-0.39, 0.29) is 0 Å². The third-order valence-electron chi connectivity index (χ3n) is 3.78. The summed E-state index contributed by atoms with van der Waals surface area (Å²) in [5.74, 6) is -0.420. The van der Waals surface area contributed by atoms with E-state index in [0.29, 0.717) is 35.2 Å². The first kappa shape index (κ1) is 17.2. The molecule has 3 heterocycles. The van der Waals surface area contributed by atoms with E-state index in [4.69, 9.17) is 16.3 Å². The van der Waals surface area contributed by atoms with Gasteiger partial charge in [-0.1, -0.05) is 17.7 Å². The number of hydrogen-bond donors (Lipinski definition) is 1. The standard InChI is InChI=1S/C17H18ClN5O2/c1-4-25-17(24)12-9-21-16-14(10(2)22-23(16)3)15(12)20-8-11-5-6-13(18)19-7-11/h5-7,9H,4,8H2,1-3H3,(H,20,21). The molecule has 0 aromatic carbocycles. The zero-order valence-electron chi connectivity index (χ0n) is 14.2. The quantitative estimate of drug-likeness (QED) is 0.556. The number of pyridine rings is 2. The van der Waals surface area contributed by atoms with Crippen LogP contribution in [-0.2, 0) is 18.3 Å². The van der Waals surface area contributed by atoms with Crippen LogP contribution in [-0.4, -0.2) is 32.3 Å². The van der Waals surface area contributed by atoms with Gasteiger partial charge in [0, 0.05) is 26.0 Å². The second-order valence-corrected chi connectivity index (χ2v) is 5.90. The highest BCUT2D eigenvalue weighted by Crippen LogP contribution is 2.29. The van der Waals surface area contributed by atoms with Crippen molar-refractivity contribution in [2.24, 2.45) is 7.05 Å². The Kier molecular flexibility index (Phi) is 4.85. The molecule has 130 valence electrons. The third-order valence-corrected chi connectivity index (χ3v) is 4.00. The SMILES string of the molecule is CCOC(=O)c1cnc2c(c(C)nn2C)c1NCc1ccc(Cl)nc1. The number of rotatable bonds is 5. The number of fused-ring (bicyclic) bond motifs is 1. The summed E-state index contributed by atoms with van der Waals surface area (Å²) in [7, 11) is 1.82. The van der Waals surface area contributed by atoms with Crippen LogP contribution in [0, 0.1) is 6.92 Å². The molecule has 0 saturated heterocycles. The van der Waals surface area contributed by atoms with Gasteiger partial charge in [0.05, 0.1) is 23.4 Å². The Bertz CT molecular complexity index is 921. The highest BCUT2D eigenvalue weighted by molar-refractivity contribution is 6.29. The molecule has 8 heteroatoms. The van der Waals surface area contributed by atoms with Crippen LogP contribution >= 0.6 is 11.6 Å². The molecule has 3 aromatic heterocycles. The zero-order valence-corrected chi connectivity index (χ0v) is 15.0. The van der Waals surface area contributed by atoms with Crippen LogP contribution in [0.4, 0.5) is 5.69 Å². The van der Waals surface area contributed by atoms with E-state index < -0.39 is 5.97 Å². The third kappa shape index (κ3) is 3.41. The van der Waals surface area contributed by atoms with E-state index in [9.17, 15) is 4.79 Å². The van der Waals surface area contributed by atoms with Crippen LogP contribution in [0.25, 0.3) is 11.0 Å². The number of aryl methyl sites for hydroxylation is 2. The number of ether oxygens (including phenoxy) is 1. The van der Waals surface area contributed by atoms with Gasteiger partial charge in [-0.25, -0.2) is 14.8 Å². The molecule has 0 amide bonds. The fraction of sp³-hybridized carbons (Fsp3) is 0.294. The topological polar surface area (TPSA) is 81.9 Å². The lowest BCUT2D eigenvalue weighted by atomic mass is 10.1. The average molecular weight is 360 g/mol. The van der Waals surface area contributed by atoms with Crippen molar-refractivity contribution in [3.8, 4) is 0 Å². The molecule has 0 fully saturated rings. The average Bonchev–Trinajstić information content (AvgIpc) is 2.89. The van der Waals surface area contributed by atoms with Crippen LogP contribution in [0.1, 0.15) is 28.5 Å². The lowest BCUT2D eigenvalue weighted by molar-refractivity contribution is 0.0527. The number of nitrogens with zero attached hydrogens (tertiary/aromatic N) is 4. The van der Waals surface area contributed by atoms with E-state index in [2.05, 4.69) is 20.4 Å². The van der Waals surface area contributed by atoms with Crippen molar-refractivity contribution < 1.29 is 9.53 Å². The van der Waals surface area contributed by atoms with Gasteiger partial charge in [0.25, 0.3) is 0 Å². The first-order valence-electron chi connectivity index (χ1n) is 7.85. The molecule has 0 spiro atoms. The van der Waals surface area contributed by atoms with Gasteiger partial charge in [0.2, 0.25) is 0 Å². The summed E-state index contributed by atoms with van der Waals surface area (Å²) in [4.78, 5) is 20.8. The summed E-state index contributed by atoms with van der Waals surface area (Å²) in [6.45, 7) is 4.42. The maximum Gasteiger partial charge on any atom is 0.341 e. The predicted molar refractivity (Wildman–Crippen MR) is 95.8 cm³/mol. The second-order valence-electron chi connectivity index (χ2n) is 5.52. The molecule has 0 radical (unpaired) electrons. The summed E-state index contributed by atoms with van der Waals surface area (Å²) in [6.07, 6.45) is 3.21. The summed E-state index contributed by atoms with van der Waals surface area (Å²) in [6, 6.07) is 3.60. The fourth-order valence-electron chi connectivity index (χ4n) is 2.66. The number of aromatic nitrogens is 4. The van der Waals surface area contributed by atoms with E-state index in [1.54, 1.807) is 23.9 Å². The van der Waals surface area contributed by atoms with Gasteiger partial charge in [0.1, 0.15) is 10.7 Å². The molecular weight excluding hydrogens is 342 g/mol. The van der Waals surface area contributed by atoms with Crippen molar-refractivity contribution in [2.75, 3.05) is 11.9 Å². The molecule has 3 rings (SSSR count). The Morgan fingerprint density at radius 3 is 2.80 bits per heavy atom. The highest BCUT2D eigenvalue weighted by atomic mass is 35.5. The maximum absolute atomic E-state index is 12.3. The molecular formula is C17H18ClN5O2. The van der Waals surface area contributed by atoms with E-state index >= 15 is 0 Å². The molecule has 0 atom stereocenters. The number of hydrogen-bond acceptors (Lipinski definition) is 6. The summed E-state index contributed by atoms with van der Waals surface area (Å²) in [5.41, 5.74) is 3.46. The minimum absolute atomic E-state index is 0.295. The monoisotopic (exact) mass is 359 g/mol. The molecule has 0 aliphatic heterocycles. The number of halogens is 1. The number of carbonyl (C=O) groups excluding carboxylic acids is 1. The van der Waals surface area contributed by atoms with Crippen molar-refractivity contribution in [3.63, 3.8) is 0 Å². The lowest BCUT2D eigenvalue weighted by Crippen LogP contribution is -2.11. The van der Waals surface area contributed by atoms with E-state index in [0.717, 1.165) is 16.6 Å². The minimum atomic E-state index is -0.420. The van der Waals surface area contributed by atoms with Gasteiger partial charge in [-0.3, -0.25) is 4.68 Å². The van der Waals surface area contributed by atoms with Gasteiger partial charge >= 0.3 is 5.97 Å². The van der Waals surface area contributed by atoms with Gasteiger partial charge in [-0.05, 0) is 25.5 Å². The smallest absolute Gasteiger partial charge is 0.341 e. The fourth-order valence-corrected chi connectivity index (χ4v) is 2.77. The second kappa shape index (κ2) is 7.06. The number of nitrogens with one attached hydrogen (secondary N) is 1. The number of esters is 1. The molecule has 25 heavy (non-hydrogen) atoms. The summed E-state index contributed by atoms with van der Waals surface area (Å²) >= 11 is 5.82. The molecule has 1 N–H and O–H groups in total. The van der Waals surface area contributed by atoms with Crippen LogP contribution in [0.15, 0.2) is 24.5 Å². The Labute approximate surface area is 150 Å². The normalized spacial score (nSPS) is 10.9. The molecule has 0 unspecified atom stereocenters. The van der Waals surface area contributed by atoms with Gasteiger partial charge in [0.15, 0.2) is 5.65 Å². The Morgan fingerprint density at radius 2 is 2.12 bits per heavy atom. The minimum Gasteiger partial charge on any atom is -0.462 e. The Morgan fingerprint density at radius 1 is 1.32 bits per heavy atom. The molecule has 3 aromatic rings. The lowest BCUT2D eigenvalue weighted by Gasteiger charge is -2.13. The van der Waals surface area contributed by atoms with Crippen molar-refractivity contribution in [3.05, 3.63) is 46.5 Å². The van der Waals surface area contributed by atoms with Crippen LogP contribution in [0.5, 0.6) is 0 Å². The van der Waals surface area contributed by atoms with Crippen LogP contribution < -0.4 is 5.32 Å². The Balaban J connectivity index is 2.04.